The fourth-order valence-corrected chi connectivity index (χ4v) is 1.99. The molecule has 0 aliphatic carbocycles. The van der Waals surface area contributed by atoms with Crippen LogP contribution in [0.15, 0.2) is 24.3 Å². The molecule has 1 aliphatic heterocycles. The Morgan fingerprint density at radius 2 is 1.93 bits per heavy atom. The van der Waals surface area contributed by atoms with E-state index in [1.807, 2.05) is 6.07 Å². The molecule has 76 valence electrons. The molecule has 0 amide bonds. The molecule has 1 aromatic rings. The van der Waals surface area contributed by atoms with Gasteiger partial charge >= 0.3 is 0 Å². The summed E-state index contributed by atoms with van der Waals surface area (Å²) in [4.78, 5) is 7.10. The van der Waals surface area contributed by atoms with Crippen molar-refractivity contribution in [3.8, 4) is 0 Å². The van der Waals surface area contributed by atoms with Gasteiger partial charge in [0.1, 0.15) is 0 Å². The summed E-state index contributed by atoms with van der Waals surface area (Å²) >= 11 is 0. The van der Waals surface area contributed by atoms with Crippen LogP contribution in [0.4, 0.5) is 5.69 Å². The molecule has 1 saturated heterocycles. The standard InChI is InChI=1S/C11H16N2O/c12-14-9-10-5-1-2-6-11(10)13-7-3-4-8-13/h1-2,5-6H,3-4,7-9,12H2. The Bertz CT molecular complexity index is 295. The number of nitrogens with zero attached hydrogens (tertiary/aromatic N) is 1. The molecule has 0 unspecified atom stereocenters. The van der Waals surface area contributed by atoms with E-state index in [0.29, 0.717) is 6.61 Å². The van der Waals surface area contributed by atoms with E-state index in [-0.39, 0.29) is 0 Å². The summed E-state index contributed by atoms with van der Waals surface area (Å²) in [6.07, 6.45) is 2.58. The Morgan fingerprint density at radius 1 is 1.21 bits per heavy atom. The first-order valence-corrected chi connectivity index (χ1v) is 5.06. The quantitative estimate of drug-likeness (QED) is 0.740. The largest absolute Gasteiger partial charge is 0.371 e. The first kappa shape index (κ1) is 9.49. The van der Waals surface area contributed by atoms with E-state index in [1.54, 1.807) is 0 Å². The lowest BCUT2D eigenvalue weighted by atomic mass is 10.2. The normalized spacial score (nSPS) is 16.2. The number of rotatable bonds is 3. The molecule has 0 radical (unpaired) electrons. The third-order valence-electron chi connectivity index (χ3n) is 2.68. The molecule has 1 aliphatic rings. The van der Waals surface area contributed by atoms with Crippen LogP contribution in [-0.4, -0.2) is 13.1 Å². The first-order valence-electron chi connectivity index (χ1n) is 5.06. The van der Waals surface area contributed by atoms with Gasteiger partial charge < -0.3 is 4.90 Å². The van der Waals surface area contributed by atoms with E-state index in [1.165, 1.54) is 24.1 Å². The second kappa shape index (κ2) is 4.44. The van der Waals surface area contributed by atoms with Crippen molar-refractivity contribution in [3.63, 3.8) is 0 Å². The topological polar surface area (TPSA) is 38.5 Å². The van der Waals surface area contributed by atoms with Crippen molar-refractivity contribution in [1.29, 1.82) is 0 Å². The van der Waals surface area contributed by atoms with Crippen molar-refractivity contribution in [2.24, 2.45) is 5.90 Å². The van der Waals surface area contributed by atoms with Crippen molar-refractivity contribution in [2.45, 2.75) is 19.4 Å². The molecular weight excluding hydrogens is 176 g/mol. The van der Waals surface area contributed by atoms with Crippen LogP contribution >= 0.6 is 0 Å². The van der Waals surface area contributed by atoms with E-state index in [0.717, 1.165) is 13.1 Å². The molecule has 3 heteroatoms. The predicted octanol–water partition coefficient (Wildman–Crippen LogP) is 1.68. The Hall–Kier alpha value is -1.06. The Labute approximate surface area is 84.4 Å². The molecule has 0 aromatic heterocycles. The van der Waals surface area contributed by atoms with Crippen molar-refractivity contribution in [2.75, 3.05) is 18.0 Å². The molecule has 1 fully saturated rings. The van der Waals surface area contributed by atoms with Gasteiger partial charge in [0.2, 0.25) is 0 Å². The second-order valence-corrected chi connectivity index (χ2v) is 3.63. The van der Waals surface area contributed by atoms with E-state index in [2.05, 4.69) is 23.1 Å². The summed E-state index contributed by atoms with van der Waals surface area (Å²) in [6.45, 7) is 2.80. The summed E-state index contributed by atoms with van der Waals surface area (Å²) in [5.41, 5.74) is 2.45. The number of anilines is 1. The molecule has 0 bridgehead atoms. The summed E-state index contributed by atoms with van der Waals surface area (Å²) < 4.78 is 0. The van der Waals surface area contributed by atoms with Gasteiger partial charge in [0, 0.05) is 24.3 Å². The van der Waals surface area contributed by atoms with Gasteiger partial charge in [-0.1, -0.05) is 18.2 Å². The third-order valence-corrected chi connectivity index (χ3v) is 2.68. The maximum absolute atomic E-state index is 5.11. The second-order valence-electron chi connectivity index (χ2n) is 3.63. The van der Waals surface area contributed by atoms with E-state index in [9.17, 15) is 0 Å². The van der Waals surface area contributed by atoms with Gasteiger partial charge in [0.25, 0.3) is 0 Å². The highest BCUT2D eigenvalue weighted by Crippen LogP contribution is 2.24. The van der Waals surface area contributed by atoms with Crippen LogP contribution in [0.1, 0.15) is 18.4 Å². The smallest absolute Gasteiger partial charge is 0.0950 e. The fourth-order valence-electron chi connectivity index (χ4n) is 1.99. The monoisotopic (exact) mass is 192 g/mol. The van der Waals surface area contributed by atoms with Gasteiger partial charge in [-0.25, -0.2) is 5.90 Å². The average Bonchev–Trinajstić information content (AvgIpc) is 2.72. The van der Waals surface area contributed by atoms with Crippen molar-refractivity contribution >= 4 is 5.69 Å². The zero-order valence-electron chi connectivity index (χ0n) is 8.28. The Balaban J connectivity index is 2.21. The minimum Gasteiger partial charge on any atom is -0.371 e. The highest BCUT2D eigenvalue weighted by atomic mass is 16.6. The van der Waals surface area contributed by atoms with Gasteiger partial charge in [-0.2, -0.15) is 0 Å². The summed E-state index contributed by atoms with van der Waals surface area (Å²) in [6, 6.07) is 8.29. The Kier molecular flexibility index (Phi) is 3.01. The van der Waals surface area contributed by atoms with Crippen LogP contribution in [0.5, 0.6) is 0 Å². The molecular formula is C11H16N2O. The molecule has 14 heavy (non-hydrogen) atoms. The minimum absolute atomic E-state index is 0.493. The van der Waals surface area contributed by atoms with E-state index in [4.69, 9.17) is 10.7 Å². The van der Waals surface area contributed by atoms with Crippen LogP contribution < -0.4 is 10.8 Å². The molecule has 1 heterocycles. The van der Waals surface area contributed by atoms with Crippen LogP contribution in [0.25, 0.3) is 0 Å². The zero-order valence-corrected chi connectivity index (χ0v) is 8.28. The molecule has 0 atom stereocenters. The first-order chi connectivity index (χ1) is 6.92. The Morgan fingerprint density at radius 3 is 2.64 bits per heavy atom. The van der Waals surface area contributed by atoms with Crippen molar-refractivity contribution < 1.29 is 4.84 Å². The number of hydrogen-bond acceptors (Lipinski definition) is 3. The van der Waals surface area contributed by atoms with Crippen LogP contribution in [0.2, 0.25) is 0 Å². The lowest BCUT2D eigenvalue weighted by molar-refractivity contribution is 0.124. The fraction of sp³-hybridized carbons (Fsp3) is 0.455. The minimum atomic E-state index is 0.493. The molecule has 1 aromatic carbocycles. The van der Waals surface area contributed by atoms with Gasteiger partial charge in [0.05, 0.1) is 6.61 Å². The molecule has 0 spiro atoms. The van der Waals surface area contributed by atoms with Gasteiger partial charge in [-0.3, -0.25) is 4.84 Å². The predicted molar refractivity (Wildman–Crippen MR) is 56.9 cm³/mol. The molecule has 2 rings (SSSR count). The molecule has 3 nitrogen and oxygen atoms in total. The summed E-state index contributed by atoms with van der Waals surface area (Å²) in [7, 11) is 0. The average molecular weight is 192 g/mol. The van der Waals surface area contributed by atoms with Gasteiger partial charge in [0.15, 0.2) is 0 Å². The van der Waals surface area contributed by atoms with E-state index >= 15 is 0 Å². The highest BCUT2D eigenvalue weighted by molar-refractivity contribution is 5.53. The zero-order chi connectivity index (χ0) is 9.80. The van der Waals surface area contributed by atoms with Crippen LogP contribution in [0.3, 0.4) is 0 Å². The van der Waals surface area contributed by atoms with Crippen molar-refractivity contribution in [3.05, 3.63) is 29.8 Å². The lowest BCUT2D eigenvalue weighted by Crippen LogP contribution is -2.19. The third kappa shape index (κ3) is 1.89. The van der Waals surface area contributed by atoms with Crippen LogP contribution in [-0.2, 0) is 11.4 Å². The van der Waals surface area contributed by atoms with Crippen molar-refractivity contribution in [1.82, 2.24) is 0 Å². The highest BCUT2D eigenvalue weighted by Gasteiger charge is 2.14. The number of benzene rings is 1. The number of hydrogen-bond donors (Lipinski definition) is 1. The van der Waals surface area contributed by atoms with E-state index < -0.39 is 0 Å². The maximum atomic E-state index is 5.11. The maximum Gasteiger partial charge on any atom is 0.0950 e. The SMILES string of the molecule is NOCc1ccccc1N1CCCC1. The van der Waals surface area contributed by atoms with Crippen LogP contribution in [0, 0.1) is 0 Å². The summed E-state index contributed by atoms with van der Waals surface area (Å²) in [5.74, 6) is 5.11. The van der Waals surface area contributed by atoms with Gasteiger partial charge in [-0.15, -0.1) is 0 Å². The number of nitrogens with two attached hydrogens (primary N) is 1. The lowest BCUT2D eigenvalue weighted by Gasteiger charge is -2.20. The molecule has 2 N–H and O–H groups in total. The molecule has 0 saturated carbocycles. The summed E-state index contributed by atoms with van der Waals surface area (Å²) in [5, 5.41) is 0. The number of para-hydroxylation sites is 1. The van der Waals surface area contributed by atoms with Gasteiger partial charge in [-0.05, 0) is 18.9 Å².